The highest BCUT2D eigenvalue weighted by atomic mass is 32.2. The Labute approximate surface area is 172 Å². The molecule has 1 aliphatic heterocycles. The van der Waals surface area contributed by atoms with Crippen molar-refractivity contribution in [3.05, 3.63) is 18.0 Å². The van der Waals surface area contributed by atoms with Gasteiger partial charge in [-0.25, -0.2) is 13.1 Å². The van der Waals surface area contributed by atoms with Gasteiger partial charge >= 0.3 is 0 Å². The van der Waals surface area contributed by atoms with Crippen molar-refractivity contribution in [2.75, 3.05) is 13.1 Å². The highest BCUT2D eigenvalue weighted by Gasteiger charge is 2.37. The van der Waals surface area contributed by atoms with E-state index in [-0.39, 0.29) is 17.9 Å². The predicted octanol–water partition coefficient (Wildman–Crippen LogP) is 0.951. The van der Waals surface area contributed by atoms with Gasteiger partial charge in [-0.2, -0.15) is 5.10 Å². The van der Waals surface area contributed by atoms with Crippen molar-refractivity contribution in [3.63, 3.8) is 0 Å². The number of sulfonamides is 1. The molecule has 2 atom stereocenters. The average molecular weight is 426 g/mol. The fraction of sp³-hybridized carbons (Fsp3) is 0.737. The minimum absolute atomic E-state index is 0.197. The zero-order chi connectivity index (χ0) is 21.2. The molecule has 0 bridgehead atoms. The fourth-order valence-corrected chi connectivity index (χ4v) is 4.93. The minimum Gasteiger partial charge on any atom is -0.350 e. The van der Waals surface area contributed by atoms with E-state index >= 15 is 0 Å². The van der Waals surface area contributed by atoms with Crippen LogP contribution in [0.5, 0.6) is 0 Å². The van der Waals surface area contributed by atoms with E-state index in [1.54, 1.807) is 12.4 Å². The van der Waals surface area contributed by atoms with E-state index in [0.717, 1.165) is 12.8 Å². The van der Waals surface area contributed by atoms with Gasteiger partial charge in [0, 0.05) is 19.3 Å². The van der Waals surface area contributed by atoms with Crippen molar-refractivity contribution in [1.29, 1.82) is 0 Å². The molecule has 0 aromatic carbocycles. The Balaban J connectivity index is 1.61. The van der Waals surface area contributed by atoms with Crippen LogP contribution in [0.15, 0.2) is 12.4 Å². The van der Waals surface area contributed by atoms with Gasteiger partial charge in [-0.15, -0.1) is 0 Å². The van der Waals surface area contributed by atoms with Crippen LogP contribution in [0, 0.1) is 5.41 Å². The molecule has 3 N–H and O–H groups in total. The van der Waals surface area contributed by atoms with Crippen molar-refractivity contribution in [2.24, 2.45) is 5.41 Å². The summed E-state index contributed by atoms with van der Waals surface area (Å²) in [7, 11) is -3.65. The normalized spacial score (nSPS) is 23.1. The third kappa shape index (κ3) is 5.16. The highest BCUT2D eigenvalue weighted by Crippen LogP contribution is 2.30. The van der Waals surface area contributed by atoms with E-state index in [1.807, 2.05) is 25.5 Å². The van der Waals surface area contributed by atoms with E-state index in [0.29, 0.717) is 31.0 Å². The van der Waals surface area contributed by atoms with Gasteiger partial charge in [-0.3, -0.25) is 14.3 Å². The van der Waals surface area contributed by atoms with Crippen LogP contribution in [-0.2, 0) is 14.8 Å². The van der Waals surface area contributed by atoms with Crippen molar-refractivity contribution >= 4 is 21.8 Å². The molecule has 162 valence electrons. The molecule has 0 radical (unpaired) electrons. The zero-order valence-electron chi connectivity index (χ0n) is 17.3. The van der Waals surface area contributed by atoms with Crippen LogP contribution in [0.2, 0.25) is 0 Å². The van der Waals surface area contributed by atoms with Gasteiger partial charge < -0.3 is 10.6 Å². The predicted molar refractivity (Wildman–Crippen MR) is 109 cm³/mol. The molecule has 1 unspecified atom stereocenters. The Morgan fingerprint density at radius 1 is 1.28 bits per heavy atom. The quantitative estimate of drug-likeness (QED) is 0.626. The lowest BCUT2D eigenvalue weighted by Gasteiger charge is -2.33. The second-order valence-corrected chi connectivity index (χ2v) is 10.9. The number of hydrogen-bond acceptors (Lipinski definition) is 5. The summed E-state index contributed by atoms with van der Waals surface area (Å²) in [6.45, 7) is 6.37. The summed E-state index contributed by atoms with van der Waals surface area (Å²) in [5, 5.41) is 8.86. The minimum atomic E-state index is -3.65. The van der Waals surface area contributed by atoms with Gasteiger partial charge in [0.15, 0.2) is 5.25 Å². The summed E-state index contributed by atoms with van der Waals surface area (Å²) in [5.74, 6) is -0.782. The number of hydrogen-bond donors (Lipinski definition) is 3. The van der Waals surface area contributed by atoms with E-state index in [1.165, 1.54) is 6.42 Å². The summed E-state index contributed by atoms with van der Waals surface area (Å²) >= 11 is 0. The molecule has 1 saturated heterocycles. The zero-order valence-corrected chi connectivity index (χ0v) is 18.1. The summed E-state index contributed by atoms with van der Waals surface area (Å²) < 4.78 is 28.5. The summed E-state index contributed by atoms with van der Waals surface area (Å²) in [4.78, 5) is 25.2. The number of nitrogens with zero attached hydrogens (tertiary/aromatic N) is 2. The molecular formula is C19H31N5O4S. The van der Waals surface area contributed by atoms with Crippen LogP contribution in [0.25, 0.3) is 0 Å². The molecule has 2 fully saturated rings. The van der Waals surface area contributed by atoms with Crippen LogP contribution in [0.3, 0.4) is 0 Å². The second-order valence-electron chi connectivity index (χ2n) is 9.00. The molecule has 2 aliphatic rings. The molecule has 2 heterocycles. The van der Waals surface area contributed by atoms with Gasteiger partial charge in [0.2, 0.25) is 15.9 Å². The monoisotopic (exact) mass is 425 g/mol. The van der Waals surface area contributed by atoms with Gasteiger partial charge in [0.1, 0.15) is 0 Å². The molecule has 3 rings (SSSR count). The smallest absolute Gasteiger partial charge is 0.254 e. The van der Waals surface area contributed by atoms with Crippen molar-refractivity contribution < 1.29 is 18.0 Å². The first-order chi connectivity index (χ1) is 13.6. The highest BCUT2D eigenvalue weighted by molar-refractivity contribution is 7.90. The maximum absolute atomic E-state index is 12.6. The van der Waals surface area contributed by atoms with Gasteiger partial charge in [-0.05, 0) is 37.5 Å². The third-order valence-electron chi connectivity index (χ3n) is 5.75. The molecule has 0 spiro atoms. The lowest BCUT2D eigenvalue weighted by Crippen LogP contribution is -2.56. The van der Waals surface area contributed by atoms with Crippen molar-refractivity contribution in [3.8, 4) is 0 Å². The Morgan fingerprint density at radius 2 is 2.00 bits per heavy atom. The number of carbonyl (C=O) groups excluding carboxylic acids is 2. The van der Waals surface area contributed by atoms with Gasteiger partial charge in [0.25, 0.3) is 5.91 Å². The van der Waals surface area contributed by atoms with Crippen LogP contribution in [-0.4, -0.2) is 54.4 Å². The van der Waals surface area contributed by atoms with Crippen LogP contribution >= 0.6 is 0 Å². The molecule has 1 aromatic heterocycles. The molecule has 10 heteroatoms. The van der Waals surface area contributed by atoms with E-state index in [9.17, 15) is 18.0 Å². The number of rotatable bonds is 6. The molecule has 9 nitrogen and oxygen atoms in total. The first-order valence-corrected chi connectivity index (χ1v) is 11.7. The number of nitrogens with one attached hydrogen (secondary N) is 3. The topological polar surface area (TPSA) is 122 Å². The van der Waals surface area contributed by atoms with Crippen molar-refractivity contribution in [1.82, 2.24) is 25.1 Å². The summed E-state index contributed by atoms with van der Waals surface area (Å²) in [6.07, 6.45) is 7.58. The maximum atomic E-state index is 12.6. The lowest BCUT2D eigenvalue weighted by molar-refractivity contribution is -0.122. The number of carbonyl (C=O) groups is 2. The Kier molecular flexibility index (Phi) is 6.33. The summed E-state index contributed by atoms with van der Waals surface area (Å²) in [6, 6.07) is -0.0398. The third-order valence-corrected chi connectivity index (χ3v) is 7.56. The van der Waals surface area contributed by atoms with Gasteiger partial charge in [0.05, 0.1) is 23.8 Å². The molecule has 1 aromatic rings. The van der Waals surface area contributed by atoms with E-state index < -0.39 is 27.2 Å². The molecular weight excluding hydrogens is 394 g/mol. The molecule has 1 saturated carbocycles. The molecule has 29 heavy (non-hydrogen) atoms. The van der Waals surface area contributed by atoms with E-state index in [4.69, 9.17) is 0 Å². The number of amides is 2. The Morgan fingerprint density at radius 3 is 2.59 bits per heavy atom. The first kappa shape index (κ1) is 21.8. The Bertz CT molecular complexity index is 854. The standard InChI is InChI=1S/C19H31N5O4S/c1-19(2,3)16(23-18(26)15-8-5-9-22-29(15,27)28)11-20-17(25)13-10-21-24(12-13)14-6-4-7-14/h10,12,14-16,22H,4-9,11H2,1-3H3,(H,20,25)(H,23,26)/t15?,16-/m1/s1. The first-order valence-electron chi connectivity index (χ1n) is 10.2. The fourth-order valence-electron chi connectivity index (χ4n) is 3.47. The van der Waals surface area contributed by atoms with E-state index in [2.05, 4.69) is 20.5 Å². The molecule has 1 aliphatic carbocycles. The SMILES string of the molecule is CC(C)(C)[C@@H](CNC(=O)c1cnn(C2CCC2)c1)NC(=O)C1CCCNS1(=O)=O. The summed E-state index contributed by atoms with van der Waals surface area (Å²) in [5.41, 5.74) is 0.111. The number of aromatic nitrogens is 2. The maximum Gasteiger partial charge on any atom is 0.254 e. The largest absolute Gasteiger partial charge is 0.350 e. The second kappa shape index (κ2) is 8.43. The average Bonchev–Trinajstić information content (AvgIpc) is 3.04. The van der Waals surface area contributed by atoms with Crippen LogP contribution < -0.4 is 15.4 Å². The van der Waals surface area contributed by atoms with Crippen molar-refractivity contribution in [2.45, 2.75) is 70.2 Å². The van der Waals surface area contributed by atoms with Crippen LogP contribution in [0.4, 0.5) is 0 Å². The lowest BCUT2D eigenvalue weighted by atomic mass is 9.86. The van der Waals surface area contributed by atoms with Gasteiger partial charge in [-0.1, -0.05) is 20.8 Å². The molecule has 2 amide bonds. The van der Waals surface area contributed by atoms with Crippen LogP contribution in [0.1, 0.15) is 69.3 Å². The Hall–Kier alpha value is -1.94.